The van der Waals surface area contributed by atoms with E-state index in [2.05, 4.69) is 0 Å². The summed E-state index contributed by atoms with van der Waals surface area (Å²) in [5.41, 5.74) is 6.53. The van der Waals surface area contributed by atoms with Crippen LogP contribution in [0.3, 0.4) is 0 Å². The first-order valence-corrected chi connectivity index (χ1v) is 9.09. The lowest BCUT2D eigenvalue weighted by atomic mass is 10.0. The number of amides is 1. The number of thioether (sulfide) groups is 1. The number of aromatic nitrogens is 1. The molecule has 1 unspecified atom stereocenters. The number of hydrogen-bond acceptors (Lipinski definition) is 8. The molecule has 2 aliphatic rings. The maximum absolute atomic E-state index is 11.8. The Kier molecular flexibility index (Phi) is 6.00. The van der Waals surface area contributed by atoms with E-state index in [0.717, 1.165) is 5.57 Å². The van der Waals surface area contributed by atoms with Gasteiger partial charge >= 0.3 is 5.97 Å². The van der Waals surface area contributed by atoms with Crippen molar-refractivity contribution in [3.05, 3.63) is 41.9 Å². The number of carboxylic acid groups (broad SMARTS) is 1. The summed E-state index contributed by atoms with van der Waals surface area (Å²) < 4.78 is 35.9. The van der Waals surface area contributed by atoms with E-state index in [0.29, 0.717) is 12.3 Å². The molecule has 0 aromatic carbocycles. The molecule has 3 N–H and O–H groups in total. The predicted molar refractivity (Wildman–Crippen MR) is 72.4 cm³/mol. The minimum atomic E-state index is -4.94. The van der Waals surface area contributed by atoms with Gasteiger partial charge in [-0.2, -0.15) is 0 Å². The third-order valence-electron chi connectivity index (χ3n) is 3.44. The van der Waals surface area contributed by atoms with Crippen molar-refractivity contribution >= 4 is 23.6 Å². The highest BCUT2D eigenvalue weighted by atomic mass is 35.7. The first-order valence-electron chi connectivity index (χ1n) is 6.81. The highest BCUT2D eigenvalue weighted by molar-refractivity contribution is 8.00. The van der Waals surface area contributed by atoms with Gasteiger partial charge < -0.3 is 10.8 Å². The molecule has 12 heteroatoms. The second-order valence-electron chi connectivity index (χ2n) is 5.12. The topological polar surface area (TPSA) is 180 Å². The van der Waals surface area contributed by atoms with Crippen molar-refractivity contribution in [1.82, 2.24) is 4.90 Å². The van der Waals surface area contributed by atoms with Gasteiger partial charge in [-0.3, -0.25) is 9.69 Å². The van der Waals surface area contributed by atoms with E-state index in [1.165, 1.54) is 16.7 Å². The molecule has 1 saturated heterocycles. The summed E-state index contributed by atoms with van der Waals surface area (Å²) >= 11 is 1.52. The normalized spacial score (nSPS) is 22.6. The molecule has 3 heterocycles. The van der Waals surface area contributed by atoms with E-state index in [1.807, 2.05) is 35.2 Å². The molecule has 0 aliphatic carbocycles. The number of carboxylic acids is 1. The van der Waals surface area contributed by atoms with Crippen LogP contribution in [0.1, 0.15) is 0 Å². The monoisotopic (exact) mass is 391 g/mol. The lowest BCUT2D eigenvalue weighted by Crippen LogP contribution is -2.68. The van der Waals surface area contributed by atoms with Crippen LogP contribution in [0.2, 0.25) is 0 Å². The van der Waals surface area contributed by atoms with Crippen molar-refractivity contribution in [2.45, 2.75) is 18.0 Å². The summed E-state index contributed by atoms with van der Waals surface area (Å²) in [5.74, 6) is -0.802. The molecule has 3 rings (SSSR count). The highest BCUT2D eigenvalue weighted by Crippen LogP contribution is 2.39. The first-order chi connectivity index (χ1) is 11.6. The van der Waals surface area contributed by atoms with Crippen LogP contribution in [0.15, 0.2) is 41.9 Å². The summed E-state index contributed by atoms with van der Waals surface area (Å²) in [6.07, 6.45) is 3.74. The van der Waals surface area contributed by atoms with Gasteiger partial charge in [-0.1, -0.05) is 6.07 Å². The molecule has 2 aliphatic heterocycles. The molecule has 25 heavy (non-hydrogen) atoms. The van der Waals surface area contributed by atoms with Gasteiger partial charge in [0.15, 0.2) is 18.9 Å². The second-order valence-corrected chi connectivity index (χ2v) is 6.98. The molecular weight excluding hydrogens is 378 g/mol. The second kappa shape index (κ2) is 7.66. The van der Waals surface area contributed by atoms with E-state index in [4.69, 9.17) is 24.4 Å². The zero-order chi connectivity index (χ0) is 18.8. The molecule has 136 valence electrons. The van der Waals surface area contributed by atoms with E-state index in [1.54, 1.807) is 0 Å². The van der Waals surface area contributed by atoms with Gasteiger partial charge in [-0.25, -0.2) is 28.0 Å². The summed E-state index contributed by atoms with van der Waals surface area (Å²) in [6, 6.07) is 5.07. The average molecular weight is 392 g/mol. The van der Waals surface area contributed by atoms with Crippen LogP contribution in [0, 0.1) is 10.2 Å². The highest BCUT2D eigenvalue weighted by Gasteiger charge is 2.52. The van der Waals surface area contributed by atoms with Crippen LogP contribution < -0.4 is 28.9 Å². The third kappa shape index (κ3) is 4.89. The Morgan fingerprint density at radius 3 is 2.40 bits per heavy atom. The summed E-state index contributed by atoms with van der Waals surface area (Å²) in [7, 11) is -4.94. The Balaban J connectivity index is 0.000000399. The fraction of sp³-hybridized carbons (Fsp3) is 0.308. The quantitative estimate of drug-likeness (QED) is 0.376. The lowest BCUT2D eigenvalue weighted by Gasteiger charge is -2.47. The number of pyridine rings is 1. The minimum absolute atomic E-state index is 0.0943. The Labute approximate surface area is 148 Å². The number of β-lactam (4-membered cyclic amide) rings is 1. The molecule has 1 amide bonds. The fourth-order valence-corrected chi connectivity index (χ4v) is 3.74. The number of halogens is 1. The zero-order valence-corrected chi connectivity index (χ0v) is 14.2. The SMILES string of the molecule is NC1C(=O)N2C(C(=O)O)=C(C[n+]3ccccc3)CS[C@H]12.[O-][Cl+3]([O-])([O-])[O-]. The molecule has 2 atom stereocenters. The number of aliphatic carboxylic acids is 1. The lowest BCUT2D eigenvalue weighted by molar-refractivity contribution is -2.00. The molecule has 1 aromatic rings. The maximum Gasteiger partial charge on any atom is 0.352 e. The Morgan fingerprint density at radius 2 is 1.88 bits per heavy atom. The number of nitrogens with two attached hydrogens (primary N) is 1. The fourth-order valence-electron chi connectivity index (χ4n) is 2.46. The number of carbonyl (C=O) groups excluding carboxylic acids is 1. The van der Waals surface area contributed by atoms with Crippen LogP contribution >= 0.6 is 11.8 Å². The van der Waals surface area contributed by atoms with Gasteiger partial charge in [0, 0.05) is 23.5 Å². The van der Waals surface area contributed by atoms with Crippen LogP contribution in [-0.4, -0.2) is 39.1 Å². The van der Waals surface area contributed by atoms with Crippen LogP contribution in [0.25, 0.3) is 0 Å². The molecule has 1 fully saturated rings. The van der Waals surface area contributed by atoms with Crippen molar-refractivity contribution in [2.24, 2.45) is 5.73 Å². The number of fused-ring (bicyclic) bond motifs is 1. The maximum atomic E-state index is 11.8. The van der Waals surface area contributed by atoms with E-state index in [-0.39, 0.29) is 17.0 Å². The van der Waals surface area contributed by atoms with Gasteiger partial charge in [0.1, 0.15) is 17.1 Å². The number of hydrogen-bond donors (Lipinski definition) is 2. The van der Waals surface area contributed by atoms with Crippen molar-refractivity contribution in [3.63, 3.8) is 0 Å². The first kappa shape index (κ1) is 19.6. The standard InChI is InChI=1S/C13H13N3O3S.ClHO4/c14-9-11(17)16-10(13(18)19)8(7-20-12(9)16)6-15-4-2-1-3-5-15;2-1(3,4)5/h1-5,9,12H,6-7,14H2;(H,2,3,4,5)/t9?,12-;/m1./s1. The molecular formula is C13H14ClN3O7S. The van der Waals surface area contributed by atoms with Gasteiger partial charge in [-0.15, -0.1) is 22.0 Å². The smallest absolute Gasteiger partial charge is 0.352 e. The van der Waals surface area contributed by atoms with Gasteiger partial charge in [-0.05, 0) is 0 Å². The van der Waals surface area contributed by atoms with Crippen molar-refractivity contribution in [1.29, 1.82) is 0 Å². The third-order valence-corrected chi connectivity index (χ3v) is 4.80. The zero-order valence-electron chi connectivity index (χ0n) is 12.6. The number of nitrogens with zero attached hydrogens (tertiary/aromatic N) is 2. The molecule has 0 radical (unpaired) electrons. The molecule has 0 spiro atoms. The van der Waals surface area contributed by atoms with Crippen LogP contribution in [-0.2, 0) is 16.1 Å². The predicted octanol–water partition coefficient (Wildman–Crippen LogP) is -5.20. The number of carbonyl (C=O) groups is 2. The molecule has 0 saturated carbocycles. The van der Waals surface area contributed by atoms with Gasteiger partial charge in [0.2, 0.25) is 5.91 Å². The van der Waals surface area contributed by atoms with Gasteiger partial charge in [0.05, 0.1) is 0 Å². The summed E-state index contributed by atoms with van der Waals surface area (Å²) in [6.45, 7) is 0.460. The Morgan fingerprint density at radius 1 is 1.32 bits per heavy atom. The largest absolute Gasteiger partial charge is 0.477 e. The van der Waals surface area contributed by atoms with Crippen molar-refractivity contribution < 1.29 is 48.1 Å². The van der Waals surface area contributed by atoms with Crippen LogP contribution in [0.4, 0.5) is 0 Å². The molecule has 0 bridgehead atoms. The summed E-state index contributed by atoms with van der Waals surface area (Å²) in [5, 5.41) is 9.16. The Hall–Kier alpha value is -1.73. The van der Waals surface area contributed by atoms with E-state index in [9.17, 15) is 14.7 Å². The van der Waals surface area contributed by atoms with E-state index < -0.39 is 22.3 Å². The number of rotatable bonds is 3. The van der Waals surface area contributed by atoms with E-state index >= 15 is 0 Å². The van der Waals surface area contributed by atoms with Gasteiger partial charge in [0.25, 0.3) is 0 Å². The average Bonchev–Trinajstić information content (AvgIpc) is 2.53. The molecule has 1 aromatic heterocycles. The van der Waals surface area contributed by atoms with Crippen molar-refractivity contribution in [2.75, 3.05) is 5.75 Å². The van der Waals surface area contributed by atoms with Crippen molar-refractivity contribution in [3.8, 4) is 0 Å². The van der Waals surface area contributed by atoms with Crippen LogP contribution in [0.5, 0.6) is 0 Å². The summed E-state index contributed by atoms with van der Waals surface area (Å²) in [4.78, 5) is 24.6. The Bertz CT molecular complexity index is 689. The molecule has 10 nitrogen and oxygen atoms in total. The minimum Gasteiger partial charge on any atom is -0.477 e.